The third kappa shape index (κ3) is 4.21. The summed E-state index contributed by atoms with van der Waals surface area (Å²) >= 11 is 3.19. The van der Waals surface area contributed by atoms with Gasteiger partial charge >= 0.3 is 0 Å². The molecule has 0 heterocycles. The smallest absolute Gasteiger partial charge is 0.266 e. The van der Waals surface area contributed by atoms with Crippen molar-refractivity contribution < 1.29 is 23.1 Å². The van der Waals surface area contributed by atoms with Crippen molar-refractivity contribution in [3.63, 3.8) is 0 Å². The Kier molecular flexibility index (Phi) is 5.24. The first-order valence-electron chi connectivity index (χ1n) is 6.28. The number of methoxy groups -OCH3 is 1. The Balaban J connectivity index is 2.12. The fourth-order valence-electron chi connectivity index (χ4n) is 1.71. The van der Waals surface area contributed by atoms with E-state index in [4.69, 9.17) is 4.74 Å². The number of carbonyl (C=O) groups is 1. The summed E-state index contributed by atoms with van der Waals surface area (Å²) in [4.78, 5) is 13.8. The molecule has 1 amide bonds. The van der Waals surface area contributed by atoms with Crippen LogP contribution in [0.15, 0.2) is 51.8 Å². The summed E-state index contributed by atoms with van der Waals surface area (Å²) in [5, 5.41) is 9.31. The van der Waals surface area contributed by atoms with E-state index in [0.29, 0.717) is 10.2 Å². The predicted octanol–water partition coefficient (Wildman–Crippen LogP) is 1.79. The second-order valence-electron chi connectivity index (χ2n) is 4.41. The van der Waals surface area contributed by atoms with E-state index in [-0.39, 0.29) is 16.2 Å². The molecule has 2 aromatic rings. The average molecular weight is 401 g/mol. The van der Waals surface area contributed by atoms with Gasteiger partial charge in [0.05, 0.1) is 16.5 Å². The largest absolute Gasteiger partial charge is 0.508 e. The number of carbonyl (C=O) groups excluding carboxylic acids is 1. The maximum absolute atomic E-state index is 12.1. The van der Waals surface area contributed by atoms with Gasteiger partial charge in [-0.2, -0.15) is 0 Å². The molecule has 0 radical (unpaired) electrons. The number of phenolic OH excluding ortho intramolecular Hbond substituents is 1. The molecule has 0 atom stereocenters. The fraction of sp³-hybridized carbons (Fsp3) is 0.0714. The molecule has 23 heavy (non-hydrogen) atoms. The summed E-state index contributed by atoms with van der Waals surface area (Å²) in [6.07, 6.45) is 0. The summed E-state index contributed by atoms with van der Waals surface area (Å²) in [6, 6.07) is 9.69. The van der Waals surface area contributed by atoms with Crippen LogP contribution in [0.3, 0.4) is 0 Å². The highest BCUT2D eigenvalue weighted by atomic mass is 79.9. The van der Waals surface area contributed by atoms with Crippen molar-refractivity contribution in [3.05, 3.63) is 52.5 Å². The molecule has 0 aromatic heterocycles. The molecule has 0 spiro atoms. The predicted molar refractivity (Wildman–Crippen MR) is 86.6 cm³/mol. The number of hydrogen-bond acceptors (Lipinski definition) is 5. The van der Waals surface area contributed by atoms with Crippen LogP contribution >= 0.6 is 15.9 Å². The van der Waals surface area contributed by atoms with Crippen LogP contribution in [-0.2, 0) is 10.0 Å². The normalized spacial score (nSPS) is 11.0. The van der Waals surface area contributed by atoms with E-state index in [0.717, 1.165) is 0 Å². The van der Waals surface area contributed by atoms with Gasteiger partial charge in [0.15, 0.2) is 0 Å². The number of ether oxygens (including phenoxy) is 1. The number of aromatic hydroxyl groups is 1. The summed E-state index contributed by atoms with van der Waals surface area (Å²) in [5.41, 5.74) is 2.19. The van der Waals surface area contributed by atoms with Gasteiger partial charge in [-0.3, -0.25) is 10.2 Å². The average Bonchev–Trinajstić information content (AvgIpc) is 2.52. The Morgan fingerprint density at radius 3 is 2.57 bits per heavy atom. The van der Waals surface area contributed by atoms with Crippen molar-refractivity contribution in [2.75, 3.05) is 7.11 Å². The van der Waals surface area contributed by atoms with Gasteiger partial charge in [-0.15, -0.1) is 4.83 Å². The number of phenols is 1. The Hall–Kier alpha value is -2.10. The molecule has 122 valence electrons. The highest BCUT2D eigenvalue weighted by molar-refractivity contribution is 9.10. The lowest BCUT2D eigenvalue weighted by Crippen LogP contribution is -2.41. The lowest BCUT2D eigenvalue weighted by atomic mass is 10.2. The molecule has 0 aliphatic heterocycles. The monoisotopic (exact) mass is 400 g/mol. The van der Waals surface area contributed by atoms with E-state index in [2.05, 4.69) is 21.4 Å². The van der Waals surface area contributed by atoms with Gasteiger partial charge in [0, 0.05) is 5.56 Å². The maximum atomic E-state index is 12.1. The number of amides is 1. The minimum Gasteiger partial charge on any atom is -0.508 e. The third-order valence-corrected chi connectivity index (χ3v) is 4.71. The van der Waals surface area contributed by atoms with Crippen LogP contribution in [-0.4, -0.2) is 26.5 Å². The molecule has 0 saturated carbocycles. The van der Waals surface area contributed by atoms with Crippen LogP contribution in [0.5, 0.6) is 11.5 Å². The minimum atomic E-state index is -3.95. The molecule has 3 N–H and O–H groups in total. The van der Waals surface area contributed by atoms with Gasteiger partial charge in [0.25, 0.3) is 15.9 Å². The first-order valence-corrected chi connectivity index (χ1v) is 8.56. The molecule has 0 aliphatic rings. The summed E-state index contributed by atoms with van der Waals surface area (Å²) in [6.45, 7) is 0. The standard InChI is InChI=1S/C14H13BrN2O5S/c1-22-13-6-5-11(8-12(13)15)23(20,21)17-16-14(19)9-3-2-4-10(18)7-9/h2-8,17-18H,1H3,(H,16,19). The zero-order valence-corrected chi connectivity index (χ0v) is 14.3. The van der Waals surface area contributed by atoms with Crippen LogP contribution in [0.4, 0.5) is 0 Å². The van der Waals surface area contributed by atoms with Crippen molar-refractivity contribution in [3.8, 4) is 11.5 Å². The van der Waals surface area contributed by atoms with Crippen molar-refractivity contribution in [1.29, 1.82) is 0 Å². The first kappa shape index (κ1) is 17.3. The fourth-order valence-corrected chi connectivity index (χ4v) is 3.26. The van der Waals surface area contributed by atoms with Crippen molar-refractivity contribution in [2.45, 2.75) is 4.90 Å². The van der Waals surface area contributed by atoms with Crippen LogP contribution < -0.4 is 15.0 Å². The van der Waals surface area contributed by atoms with Crippen LogP contribution in [0.1, 0.15) is 10.4 Å². The topological polar surface area (TPSA) is 105 Å². The number of sulfonamides is 1. The van der Waals surface area contributed by atoms with Crippen molar-refractivity contribution in [1.82, 2.24) is 10.3 Å². The molecule has 0 bridgehead atoms. The summed E-state index contributed by atoms with van der Waals surface area (Å²) in [5.74, 6) is -0.315. The van der Waals surface area contributed by atoms with Crippen LogP contribution in [0.2, 0.25) is 0 Å². The van der Waals surface area contributed by atoms with Crippen LogP contribution in [0.25, 0.3) is 0 Å². The van der Waals surface area contributed by atoms with Gasteiger partial charge in [-0.25, -0.2) is 8.42 Å². The number of hydrazine groups is 1. The van der Waals surface area contributed by atoms with Crippen molar-refractivity contribution in [2.24, 2.45) is 0 Å². The summed E-state index contributed by atoms with van der Waals surface area (Å²) in [7, 11) is -2.49. The molecule has 7 nitrogen and oxygen atoms in total. The molecule has 9 heteroatoms. The highest BCUT2D eigenvalue weighted by Gasteiger charge is 2.17. The van der Waals surface area contributed by atoms with Gasteiger partial charge in [0.2, 0.25) is 0 Å². The number of halogens is 1. The number of nitrogens with one attached hydrogen (secondary N) is 2. The first-order chi connectivity index (χ1) is 10.8. The second kappa shape index (κ2) is 6.99. The number of benzene rings is 2. The van der Waals surface area contributed by atoms with Crippen molar-refractivity contribution >= 4 is 31.9 Å². The number of hydrogen-bond donors (Lipinski definition) is 3. The van der Waals surface area contributed by atoms with E-state index in [1.807, 2.05) is 4.83 Å². The Morgan fingerprint density at radius 2 is 1.96 bits per heavy atom. The van der Waals surface area contributed by atoms with E-state index in [1.54, 1.807) is 0 Å². The minimum absolute atomic E-state index is 0.0543. The molecule has 2 rings (SSSR count). The highest BCUT2D eigenvalue weighted by Crippen LogP contribution is 2.27. The molecule has 0 fully saturated rings. The van der Waals surface area contributed by atoms with E-state index in [1.165, 1.54) is 49.6 Å². The third-order valence-electron chi connectivity index (χ3n) is 2.84. The number of rotatable bonds is 5. The lowest BCUT2D eigenvalue weighted by Gasteiger charge is -2.10. The SMILES string of the molecule is COc1ccc(S(=O)(=O)NNC(=O)c2cccc(O)c2)cc1Br. The van der Waals surface area contributed by atoms with E-state index in [9.17, 15) is 18.3 Å². The molecular weight excluding hydrogens is 388 g/mol. The van der Waals surface area contributed by atoms with E-state index < -0.39 is 15.9 Å². The summed E-state index contributed by atoms with van der Waals surface area (Å²) < 4.78 is 29.8. The Bertz CT molecular complexity index is 839. The van der Waals surface area contributed by atoms with Gasteiger partial charge in [0.1, 0.15) is 11.5 Å². The quantitative estimate of drug-likeness (QED) is 0.663. The van der Waals surface area contributed by atoms with Crippen LogP contribution in [0, 0.1) is 0 Å². The maximum Gasteiger partial charge on any atom is 0.266 e. The second-order valence-corrected chi connectivity index (χ2v) is 6.94. The van der Waals surface area contributed by atoms with Gasteiger partial charge < -0.3 is 9.84 Å². The van der Waals surface area contributed by atoms with Gasteiger partial charge in [-0.1, -0.05) is 6.07 Å². The molecular formula is C14H13BrN2O5S. The molecule has 0 aliphatic carbocycles. The zero-order chi connectivity index (χ0) is 17.0. The Morgan fingerprint density at radius 1 is 1.22 bits per heavy atom. The van der Waals surface area contributed by atoms with E-state index >= 15 is 0 Å². The Labute approximate surface area is 141 Å². The van der Waals surface area contributed by atoms with Gasteiger partial charge in [-0.05, 0) is 52.3 Å². The molecule has 0 saturated heterocycles. The zero-order valence-electron chi connectivity index (χ0n) is 11.9. The molecule has 0 unspecified atom stereocenters. The molecule has 2 aromatic carbocycles. The lowest BCUT2D eigenvalue weighted by molar-refractivity contribution is 0.0944.